The number of hydrogen-bond acceptors (Lipinski definition) is 6. The largest absolute Gasteiger partial charge is 0.497 e. The molecule has 3 atom stereocenters. The van der Waals surface area contributed by atoms with E-state index in [-0.39, 0.29) is 17.5 Å². The van der Waals surface area contributed by atoms with Gasteiger partial charge in [0, 0.05) is 43.0 Å². The van der Waals surface area contributed by atoms with Gasteiger partial charge in [-0.15, -0.1) is 0 Å². The van der Waals surface area contributed by atoms with Crippen molar-refractivity contribution in [2.75, 3.05) is 30.8 Å². The van der Waals surface area contributed by atoms with Crippen LogP contribution in [0, 0.1) is 5.92 Å². The molecule has 2 aliphatic rings. The van der Waals surface area contributed by atoms with Gasteiger partial charge in [-0.2, -0.15) is 4.98 Å². The first-order chi connectivity index (χ1) is 14.6. The van der Waals surface area contributed by atoms with Crippen molar-refractivity contribution in [3.8, 4) is 5.75 Å². The van der Waals surface area contributed by atoms with E-state index in [0.717, 1.165) is 42.9 Å². The lowest BCUT2D eigenvalue weighted by molar-refractivity contribution is 0.210. The fourth-order valence-corrected chi connectivity index (χ4v) is 5.02. The summed E-state index contributed by atoms with van der Waals surface area (Å²) in [5.74, 6) is 2.55. The first-order valence-electron chi connectivity index (χ1n) is 10.3. The van der Waals surface area contributed by atoms with E-state index >= 15 is 0 Å². The molecule has 4 heterocycles. The third kappa shape index (κ3) is 3.30. The number of ether oxygens (including phenoxy) is 1. The molecule has 1 aromatic carbocycles. The van der Waals surface area contributed by atoms with Gasteiger partial charge >= 0.3 is 0 Å². The van der Waals surface area contributed by atoms with Crippen LogP contribution < -0.4 is 20.9 Å². The Bertz CT molecular complexity index is 1130. The SMILES string of the molecule is COc1cccc(C[C@H]2[C@H]3C[C@H](CN(c4nccc(N)n4)C3)c3cccc(=O)n32)c1. The Labute approximate surface area is 175 Å². The number of aromatic nitrogens is 3. The second-order valence-electron chi connectivity index (χ2n) is 8.16. The Balaban J connectivity index is 1.54. The summed E-state index contributed by atoms with van der Waals surface area (Å²) < 4.78 is 7.42. The highest BCUT2D eigenvalue weighted by Gasteiger charge is 2.41. The maximum absolute atomic E-state index is 12.9. The zero-order valence-electron chi connectivity index (χ0n) is 16.9. The molecule has 30 heavy (non-hydrogen) atoms. The van der Waals surface area contributed by atoms with E-state index in [1.54, 1.807) is 25.4 Å². The fraction of sp³-hybridized carbons (Fsp3) is 0.348. The summed E-state index contributed by atoms with van der Waals surface area (Å²) in [7, 11) is 1.68. The van der Waals surface area contributed by atoms with Crippen LogP contribution in [-0.2, 0) is 6.42 Å². The van der Waals surface area contributed by atoms with Crippen molar-refractivity contribution >= 4 is 11.8 Å². The summed E-state index contributed by atoms with van der Waals surface area (Å²) in [5.41, 5.74) is 8.23. The zero-order chi connectivity index (χ0) is 20.7. The second kappa shape index (κ2) is 7.48. The summed E-state index contributed by atoms with van der Waals surface area (Å²) in [4.78, 5) is 24.0. The van der Waals surface area contributed by atoms with Crippen molar-refractivity contribution in [1.29, 1.82) is 0 Å². The van der Waals surface area contributed by atoms with Gasteiger partial charge in [-0.25, -0.2) is 4.98 Å². The number of nitrogens with two attached hydrogens (primary N) is 1. The number of nitrogens with zero attached hydrogens (tertiary/aromatic N) is 4. The molecule has 1 saturated heterocycles. The minimum absolute atomic E-state index is 0.0703. The van der Waals surface area contributed by atoms with Crippen molar-refractivity contribution in [1.82, 2.24) is 14.5 Å². The summed E-state index contributed by atoms with van der Waals surface area (Å²) in [5, 5.41) is 0. The predicted molar refractivity (Wildman–Crippen MR) is 116 cm³/mol. The Hall–Kier alpha value is -3.35. The van der Waals surface area contributed by atoms with Crippen LogP contribution in [0.1, 0.15) is 29.6 Å². The molecule has 1 fully saturated rings. The van der Waals surface area contributed by atoms with E-state index in [0.29, 0.717) is 17.7 Å². The van der Waals surface area contributed by atoms with E-state index < -0.39 is 0 Å². The molecule has 5 rings (SSSR count). The fourth-order valence-electron chi connectivity index (χ4n) is 5.02. The lowest BCUT2D eigenvalue weighted by atomic mass is 9.76. The Morgan fingerprint density at radius 2 is 2.03 bits per heavy atom. The lowest BCUT2D eigenvalue weighted by Gasteiger charge is -2.47. The maximum atomic E-state index is 12.9. The first-order valence-corrected chi connectivity index (χ1v) is 10.3. The molecule has 2 aromatic heterocycles. The van der Waals surface area contributed by atoms with Crippen molar-refractivity contribution in [2.45, 2.75) is 24.8 Å². The monoisotopic (exact) mass is 403 g/mol. The van der Waals surface area contributed by atoms with Crippen molar-refractivity contribution in [2.24, 2.45) is 5.92 Å². The van der Waals surface area contributed by atoms with Crippen molar-refractivity contribution < 1.29 is 4.74 Å². The molecular weight excluding hydrogens is 378 g/mol. The van der Waals surface area contributed by atoms with Gasteiger partial charge in [-0.3, -0.25) is 4.79 Å². The normalized spacial score (nSPS) is 22.4. The number of benzene rings is 1. The van der Waals surface area contributed by atoms with Crippen LogP contribution in [-0.4, -0.2) is 34.7 Å². The molecule has 0 spiro atoms. The van der Waals surface area contributed by atoms with Gasteiger partial charge in [0.25, 0.3) is 5.56 Å². The predicted octanol–water partition coefficient (Wildman–Crippen LogP) is 2.64. The molecule has 3 aromatic rings. The van der Waals surface area contributed by atoms with Gasteiger partial charge < -0.3 is 19.9 Å². The quantitative estimate of drug-likeness (QED) is 0.721. The number of pyridine rings is 1. The van der Waals surface area contributed by atoms with E-state index in [9.17, 15) is 4.79 Å². The number of piperidine rings is 1. The highest BCUT2D eigenvalue weighted by Crippen LogP contribution is 2.43. The van der Waals surface area contributed by atoms with Gasteiger partial charge in [-0.05, 0) is 48.6 Å². The number of nitrogen functional groups attached to an aromatic ring is 1. The third-order valence-electron chi connectivity index (χ3n) is 6.32. The number of anilines is 2. The van der Waals surface area contributed by atoms with Gasteiger partial charge in [0.05, 0.1) is 7.11 Å². The van der Waals surface area contributed by atoms with E-state index in [2.05, 4.69) is 33.1 Å². The number of hydrogen-bond donors (Lipinski definition) is 1. The van der Waals surface area contributed by atoms with Crippen LogP contribution in [0.15, 0.2) is 59.5 Å². The molecule has 2 N–H and O–H groups in total. The van der Waals surface area contributed by atoms with E-state index in [1.165, 1.54) is 0 Å². The van der Waals surface area contributed by atoms with Gasteiger partial charge in [-0.1, -0.05) is 18.2 Å². The molecule has 2 aliphatic heterocycles. The average Bonchev–Trinajstić information content (AvgIpc) is 2.77. The van der Waals surface area contributed by atoms with E-state index in [1.807, 2.05) is 22.8 Å². The summed E-state index contributed by atoms with van der Waals surface area (Å²) >= 11 is 0. The van der Waals surface area contributed by atoms with E-state index in [4.69, 9.17) is 10.5 Å². The van der Waals surface area contributed by atoms with Crippen molar-refractivity contribution in [3.63, 3.8) is 0 Å². The number of methoxy groups -OCH3 is 1. The Morgan fingerprint density at radius 3 is 2.87 bits per heavy atom. The maximum Gasteiger partial charge on any atom is 0.251 e. The smallest absolute Gasteiger partial charge is 0.251 e. The standard InChI is InChI=1S/C23H25N5O2/c1-30-18-5-2-4-15(10-18)11-20-17-12-16(19-6-3-7-22(29)28(19)20)13-27(14-17)23-25-9-8-21(24)26-23/h2-10,16-17,20H,11-14H2,1H3,(H2,24,25,26)/t16-,17+,20+/m1/s1. The Kier molecular flexibility index (Phi) is 4.65. The topological polar surface area (TPSA) is 86.3 Å². The summed E-state index contributed by atoms with van der Waals surface area (Å²) in [6.45, 7) is 1.59. The van der Waals surface area contributed by atoms with Crippen LogP contribution in [0.2, 0.25) is 0 Å². The molecular formula is C23H25N5O2. The minimum atomic E-state index is 0.0703. The molecule has 2 bridgehead atoms. The molecule has 7 heteroatoms. The Morgan fingerprint density at radius 1 is 1.17 bits per heavy atom. The molecule has 7 nitrogen and oxygen atoms in total. The summed E-state index contributed by atoms with van der Waals surface area (Å²) in [6, 6.07) is 15.5. The minimum Gasteiger partial charge on any atom is -0.497 e. The number of fused-ring (bicyclic) bond motifs is 4. The molecule has 0 radical (unpaired) electrons. The molecule has 0 amide bonds. The van der Waals surface area contributed by atoms with Gasteiger partial charge in [0.1, 0.15) is 11.6 Å². The highest BCUT2D eigenvalue weighted by molar-refractivity contribution is 5.40. The molecule has 0 aliphatic carbocycles. The van der Waals surface area contributed by atoms with Crippen LogP contribution in [0.3, 0.4) is 0 Å². The highest BCUT2D eigenvalue weighted by atomic mass is 16.5. The molecule has 0 saturated carbocycles. The van der Waals surface area contributed by atoms with Crippen LogP contribution in [0.4, 0.5) is 11.8 Å². The first kappa shape index (κ1) is 18.7. The van der Waals surface area contributed by atoms with Gasteiger partial charge in [0.2, 0.25) is 5.95 Å². The molecule has 0 unspecified atom stereocenters. The lowest BCUT2D eigenvalue weighted by Crippen LogP contribution is -2.50. The average molecular weight is 403 g/mol. The van der Waals surface area contributed by atoms with Crippen molar-refractivity contribution in [3.05, 3.63) is 76.3 Å². The second-order valence-corrected chi connectivity index (χ2v) is 8.16. The van der Waals surface area contributed by atoms with Gasteiger partial charge in [0.15, 0.2) is 0 Å². The third-order valence-corrected chi connectivity index (χ3v) is 6.32. The zero-order valence-corrected chi connectivity index (χ0v) is 16.9. The van der Waals surface area contributed by atoms with Crippen LogP contribution >= 0.6 is 0 Å². The van der Waals surface area contributed by atoms with Crippen LogP contribution in [0.5, 0.6) is 5.75 Å². The number of rotatable bonds is 4. The van der Waals surface area contributed by atoms with Crippen LogP contribution in [0.25, 0.3) is 0 Å². The summed E-state index contributed by atoms with van der Waals surface area (Å²) in [6.07, 6.45) is 3.53. The molecule has 154 valence electrons.